The van der Waals surface area contributed by atoms with Crippen molar-refractivity contribution in [3.05, 3.63) is 75.3 Å². The lowest BCUT2D eigenvalue weighted by atomic mass is 10.1. The molecule has 0 bridgehead atoms. The average molecular weight is 436 g/mol. The van der Waals surface area contributed by atoms with E-state index in [1.54, 1.807) is 24.4 Å². The minimum atomic E-state index is -0.230. The molecule has 32 heavy (non-hydrogen) atoms. The van der Waals surface area contributed by atoms with Crippen molar-refractivity contribution in [2.45, 2.75) is 20.8 Å². The number of piperazine rings is 1. The molecule has 2 aromatic rings. The quantitative estimate of drug-likeness (QED) is 0.670. The SMILES string of the molecule is CCN1CCN(C(=O)c2ccc(-n3[nH]cc(C4=C(C)NC(C)=C(N)C=C4)c3=O)nc2)CC1. The van der Waals surface area contributed by atoms with Gasteiger partial charge in [-0.1, -0.05) is 13.0 Å². The van der Waals surface area contributed by atoms with Crippen LogP contribution in [0.1, 0.15) is 36.7 Å². The number of hydrogen-bond donors (Lipinski definition) is 3. The van der Waals surface area contributed by atoms with Gasteiger partial charge in [0.05, 0.1) is 16.8 Å². The van der Waals surface area contributed by atoms with Crippen LogP contribution in [0.2, 0.25) is 0 Å². The van der Waals surface area contributed by atoms with Gasteiger partial charge in [-0.25, -0.2) is 9.67 Å². The second kappa shape index (κ2) is 8.88. The number of aromatic nitrogens is 3. The zero-order chi connectivity index (χ0) is 22.8. The molecule has 0 unspecified atom stereocenters. The summed E-state index contributed by atoms with van der Waals surface area (Å²) in [5.41, 5.74) is 9.82. The van der Waals surface area contributed by atoms with E-state index in [9.17, 15) is 9.59 Å². The van der Waals surface area contributed by atoms with Crippen LogP contribution in [-0.4, -0.2) is 63.2 Å². The van der Waals surface area contributed by atoms with E-state index >= 15 is 0 Å². The number of nitrogens with one attached hydrogen (secondary N) is 2. The fraction of sp³-hybridized carbons (Fsp3) is 0.348. The lowest BCUT2D eigenvalue weighted by Gasteiger charge is -2.34. The van der Waals surface area contributed by atoms with Crippen LogP contribution in [0.5, 0.6) is 0 Å². The van der Waals surface area contributed by atoms with Crippen molar-refractivity contribution < 1.29 is 4.79 Å². The molecular formula is C23H29N7O2. The van der Waals surface area contributed by atoms with Gasteiger partial charge in [0, 0.05) is 55.5 Å². The number of amides is 1. The summed E-state index contributed by atoms with van der Waals surface area (Å²) in [5, 5.41) is 6.20. The van der Waals surface area contributed by atoms with E-state index in [-0.39, 0.29) is 11.5 Å². The fourth-order valence-electron chi connectivity index (χ4n) is 3.96. The van der Waals surface area contributed by atoms with Gasteiger partial charge < -0.3 is 20.9 Å². The van der Waals surface area contributed by atoms with E-state index in [4.69, 9.17) is 5.73 Å². The average Bonchev–Trinajstić information content (AvgIpc) is 3.13. The number of nitrogens with zero attached hydrogens (tertiary/aromatic N) is 4. The zero-order valence-electron chi connectivity index (χ0n) is 18.7. The number of carbonyl (C=O) groups excluding carboxylic acids is 1. The second-order valence-corrected chi connectivity index (χ2v) is 8.04. The van der Waals surface area contributed by atoms with Gasteiger partial charge in [0.15, 0.2) is 5.82 Å². The minimum Gasteiger partial charge on any atom is -0.397 e. The van der Waals surface area contributed by atoms with Crippen molar-refractivity contribution in [3.63, 3.8) is 0 Å². The Morgan fingerprint density at radius 3 is 2.53 bits per heavy atom. The number of allylic oxidation sites excluding steroid dienone is 5. The Hall–Kier alpha value is -3.59. The summed E-state index contributed by atoms with van der Waals surface area (Å²) in [7, 11) is 0. The highest BCUT2D eigenvalue weighted by atomic mass is 16.2. The monoisotopic (exact) mass is 435 g/mol. The number of H-pyrrole nitrogens is 1. The van der Waals surface area contributed by atoms with Gasteiger partial charge in [-0.3, -0.25) is 14.7 Å². The van der Waals surface area contributed by atoms with Crippen molar-refractivity contribution in [3.8, 4) is 5.82 Å². The standard InChI is InChI=1S/C23H29N7O2/c1-4-28-9-11-29(12-10-28)22(31)17-5-8-21(25-13-17)30-23(32)19(14-26-30)18-6-7-20(24)16(3)27-15(18)2/h5-8,13-14,26-27H,4,9-12,24H2,1-3H3. The lowest BCUT2D eigenvalue weighted by molar-refractivity contribution is 0.0643. The number of pyridine rings is 1. The number of carbonyl (C=O) groups is 1. The molecule has 0 aromatic carbocycles. The molecule has 0 aliphatic carbocycles. The lowest BCUT2D eigenvalue weighted by Crippen LogP contribution is -2.48. The largest absolute Gasteiger partial charge is 0.397 e. The molecule has 2 aliphatic heterocycles. The molecule has 168 valence electrons. The topological polar surface area (TPSA) is 112 Å². The van der Waals surface area contributed by atoms with Crippen LogP contribution in [0.3, 0.4) is 0 Å². The summed E-state index contributed by atoms with van der Waals surface area (Å²) >= 11 is 0. The summed E-state index contributed by atoms with van der Waals surface area (Å²) in [6.07, 6.45) is 6.79. The maximum atomic E-state index is 13.1. The summed E-state index contributed by atoms with van der Waals surface area (Å²) < 4.78 is 1.37. The number of nitrogens with two attached hydrogens (primary N) is 1. The predicted octanol–water partition coefficient (Wildman–Crippen LogP) is 1.42. The molecule has 4 N–H and O–H groups in total. The smallest absolute Gasteiger partial charge is 0.280 e. The minimum absolute atomic E-state index is 0.0322. The molecule has 0 radical (unpaired) electrons. The van der Waals surface area contributed by atoms with Crippen molar-refractivity contribution in [2.24, 2.45) is 5.73 Å². The second-order valence-electron chi connectivity index (χ2n) is 8.04. The molecule has 9 heteroatoms. The maximum absolute atomic E-state index is 13.1. The molecular weight excluding hydrogens is 406 g/mol. The summed E-state index contributed by atoms with van der Waals surface area (Å²) in [6.45, 7) is 10.1. The first kappa shape index (κ1) is 21.6. The van der Waals surface area contributed by atoms with Gasteiger partial charge in [0.1, 0.15) is 0 Å². The molecule has 0 spiro atoms. The van der Waals surface area contributed by atoms with E-state index in [0.29, 0.717) is 35.7 Å². The number of hydrogen-bond acceptors (Lipinski definition) is 6. The number of likely N-dealkylation sites (N-methyl/N-ethyl adjacent to an activating group) is 1. The van der Waals surface area contributed by atoms with Gasteiger partial charge in [-0.2, -0.15) is 0 Å². The molecule has 0 atom stereocenters. The van der Waals surface area contributed by atoms with Gasteiger partial charge in [-0.05, 0) is 38.6 Å². The van der Waals surface area contributed by atoms with Crippen LogP contribution in [0.4, 0.5) is 0 Å². The molecule has 2 aliphatic rings. The number of aromatic amines is 1. The fourth-order valence-corrected chi connectivity index (χ4v) is 3.96. The third-order valence-electron chi connectivity index (χ3n) is 6.03. The Morgan fingerprint density at radius 2 is 1.88 bits per heavy atom. The molecule has 1 amide bonds. The molecule has 1 saturated heterocycles. The maximum Gasteiger partial charge on any atom is 0.280 e. The van der Waals surface area contributed by atoms with E-state index in [2.05, 4.69) is 27.2 Å². The van der Waals surface area contributed by atoms with E-state index in [1.807, 2.05) is 24.8 Å². The zero-order valence-corrected chi connectivity index (χ0v) is 18.7. The highest BCUT2D eigenvalue weighted by Gasteiger charge is 2.22. The first-order valence-corrected chi connectivity index (χ1v) is 10.8. The highest BCUT2D eigenvalue weighted by molar-refractivity contribution is 5.94. The third kappa shape index (κ3) is 4.11. The van der Waals surface area contributed by atoms with Gasteiger partial charge in [0.2, 0.25) is 0 Å². The Balaban J connectivity index is 1.54. The van der Waals surface area contributed by atoms with Crippen LogP contribution in [0.25, 0.3) is 11.4 Å². The van der Waals surface area contributed by atoms with Crippen LogP contribution in [0.15, 0.2) is 58.6 Å². The van der Waals surface area contributed by atoms with Crippen LogP contribution < -0.4 is 16.6 Å². The van der Waals surface area contributed by atoms with E-state index < -0.39 is 0 Å². The van der Waals surface area contributed by atoms with Crippen molar-refractivity contribution in [2.75, 3.05) is 32.7 Å². The van der Waals surface area contributed by atoms with Crippen LogP contribution >= 0.6 is 0 Å². The van der Waals surface area contributed by atoms with Crippen molar-refractivity contribution in [1.29, 1.82) is 0 Å². The first-order chi connectivity index (χ1) is 15.4. The van der Waals surface area contributed by atoms with Gasteiger partial charge in [0.25, 0.3) is 11.5 Å². The van der Waals surface area contributed by atoms with Crippen LogP contribution in [0, 0.1) is 0 Å². The number of rotatable bonds is 4. The molecule has 4 heterocycles. The molecule has 1 fully saturated rings. The Kier molecular flexibility index (Phi) is 6.00. The Bertz CT molecular complexity index is 1160. The molecule has 0 saturated carbocycles. The summed E-state index contributed by atoms with van der Waals surface area (Å²) in [4.78, 5) is 34.4. The normalized spacial score (nSPS) is 17.5. The third-order valence-corrected chi connectivity index (χ3v) is 6.03. The van der Waals surface area contributed by atoms with Crippen LogP contribution in [-0.2, 0) is 0 Å². The summed E-state index contributed by atoms with van der Waals surface area (Å²) in [6, 6.07) is 3.40. The van der Waals surface area contributed by atoms with Gasteiger partial charge >= 0.3 is 0 Å². The first-order valence-electron chi connectivity index (χ1n) is 10.8. The summed E-state index contributed by atoms with van der Waals surface area (Å²) in [5.74, 6) is 0.390. The highest BCUT2D eigenvalue weighted by Crippen LogP contribution is 2.20. The molecule has 4 rings (SSSR count). The van der Waals surface area contributed by atoms with Crippen molar-refractivity contribution >= 4 is 11.5 Å². The van der Waals surface area contributed by atoms with Gasteiger partial charge in [-0.15, -0.1) is 0 Å². The Morgan fingerprint density at radius 1 is 1.12 bits per heavy atom. The Labute approximate surface area is 186 Å². The van der Waals surface area contributed by atoms with E-state index in [0.717, 1.165) is 36.6 Å². The predicted molar refractivity (Wildman–Crippen MR) is 124 cm³/mol. The molecule has 2 aromatic heterocycles. The van der Waals surface area contributed by atoms with E-state index in [1.165, 1.54) is 10.9 Å². The molecule has 9 nitrogen and oxygen atoms in total. The van der Waals surface area contributed by atoms with Crippen molar-refractivity contribution in [1.82, 2.24) is 29.9 Å².